The standard InChI is InChI=1S/C14H24N4O/c1-10-12(16-11(2)17-13(10)19-4)14(9-15)5-7-18(3)8-6-14/h5-9,15H2,1-4H3. The van der Waals surface area contributed by atoms with Crippen molar-refractivity contribution in [3.63, 3.8) is 0 Å². The van der Waals surface area contributed by atoms with Crippen LogP contribution < -0.4 is 10.5 Å². The Labute approximate surface area is 115 Å². The second kappa shape index (κ2) is 5.43. The Morgan fingerprint density at radius 2 is 1.89 bits per heavy atom. The highest BCUT2D eigenvalue weighted by atomic mass is 16.5. The van der Waals surface area contributed by atoms with Crippen molar-refractivity contribution in [3.05, 3.63) is 17.1 Å². The normalized spacial score (nSPS) is 19.4. The van der Waals surface area contributed by atoms with Gasteiger partial charge in [-0.15, -0.1) is 0 Å². The van der Waals surface area contributed by atoms with Crippen molar-refractivity contribution in [2.24, 2.45) is 5.73 Å². The van der Waals surface area contributed by atoms with Gasteiger partial charge in [-0.2, -0.15) is 4.98 Å². The number of aromatic nitrogens is 2. The summed E-state index contributed by atoms with van der Waals surface area (Å²) in [6.07, 6.45) is 2.08. The molecule has 0 bridgehead atoms. The third kappa shape index (κ3) is 2.58. The van der Waals surface area contributed by atoms with Crippen LogP contribution in [0.2, 0.25) is 0 Å². The molecule has 5 heteroatoms. The van der Waals surface area contributed by atoms with Gasteiger partial charge in [0, 0.05) is 17.5 Å². The summed E-state index contributed by atoms with van der Waals surface area (Å²) in [5.74, 6) is 1.43. The number of hydrogen-bond donors (Lipinski definition) is 1. The minimum atomic E-state index is -0.0302. The van der Waals surface area contributed by atoms with E-state index in [4.69, 9.17) is 10.5 Å². The molecule has 1 fully saturated rings. The van der Waals surface area contributed by atoms with Crippen LogP contribution in [0.3, 0.4) is 0 Å². The molecule has 0 unspecified atom stereocenters. The van der Waals surface area contributed by atoms with Crippen molar-refractivity contribution in [1.82, 2.24) is 14.9 Å². The number of ether oxygens (including phenoxy) is 1. The third-order valence-electron chi connectivity index (χ3n) is 4.24. The molecule has 0 aromatic carbocycles. The molecule has 2 rings (SSSR count). The number of piperidine rings is 1. The lowest BCUT2D eigenvalue weighted by molar-refractivity contribution is 0.187. The molecule has 1 aliphatic rings. The van der Waals surface area contributed by atoms with Gasteiger partial charge < -0.3 is 15.4 Å². The number of methoxy groups -OCH3 is 1. The lowest BCUT2D eigenvalue weighted by atomic mass is 9.74. The molecule has 0 spiro atoms. The Kier molecular flexibility index (Phi) is 4.06. The highest BCUT2D eigenvalue weighted by molar-refractivity contribution is 5.35. The van der Waals surface area contributed by atoms with Gasteiger partial charge in [-0.3, -0.25) is 0 Å². The number of nitrogens with two attached hydrogens (primary N) is 1. The van der Waals surface area contributed by atoms with Gasteiger partial charge in [0.1, 0.15) is 5.82 Å². The van der Waals surface area contributed by atoms with Gasteiger partial charge in [0.2, 0.25) is 5.88 Å². The quantitative estimate of drug-likeness (QED) is 0.883. The Morgan fingerprint density at radius 1 is 1.26 bits per heavy atom. The van der Waals surface area contributed by atoms with E-state index in [0.717, 1.165) is 43.0 Å². The summed E-state index contributed by atoms with van der Waals surface area (Å²) in [5.41, 5.74) is 8.18. The SMILES string of the molecule is COc1nc(C)nc(C2(CN)CCN(C)CC2)c1C. The second-order valence-electron chi connectivity index (χ2n) is 5.54. The Bertz CT molecular complexity index is 453. The lowest BCUT2D eigenvalue weighted by Crippen LogP contribution is -2.46. The van der Waals surface area contributed by atoms with E-state index >= 15 is 0 Å². The molecule has 1 aromatic rings. The van der Waals surface area contributed by atoms with Gasteiger partial charge in [0.15, 0.2) is 0 Å². The van der Waals surface area contributed by atoms with Gasteiger partial charge in [-0.25, -0.2) is 4.98 Å². The van der Waals surface area contributed by atoms with Crippen molar-refractivity contribution in [2.75, 3.05) is 33.8 Å². The van der Waals surface area contributed by atoms with E-state index in [1.54, 1.807) is 7.11 Å². The first-order valence-corrected chi connectivity index (χ1v) is 6.81. The van der Waals surface area contributed by atoms with E-state index in [2.05, 4.69) is 21.9 Å². The molecular weight excluding hydrogens is 240 g/mol. The predicted molar refractivity (Wildman–Crippen MR) is 75.5 cm³/mol. The van der Waals surface area contributed by atoms with E-state index in [0.29, 0.717) is 12.4 Å². The number of aryl methyl sites for hydroxylation is 1. The molecule has 0 atom stereocenters. The number of hydrogen-bond acceptors (Lipinski definition) is 5. The van der Waals surface area contributed by atoms with Crippen molar-refractivity contribution < 1.29 is 4.74 Å². The summed E-state index contributed by atoms with van der Waals surface area (Å²) in [4.78, 5) is 11.4. The summed E-state index contributed by atoms with van der Waals surface area (Å²) >= 11 is 0. The maximum absolute atomic E-state index is 6.11. The van der Waals surface area contributed by atoms with Gasteiger partial charge in [-0.05, 0) is 46.8 Å². The topological polar surface area (TPSA) is 64.3 Å². The zero-order valence-electron chi connectivity index (χ0n) is 12.4. The molecule has 106 valence electrons. The van der Waals surface area contributed by atoms with Crippen LogP contribution in [0.25, 0.3) is 0 Å². The summed E-state index contributed by atoms with van der Waals surface area (Å²) in [5, 5.41) is 0. The molecule has 2 heterocycles. The summed E-state index contributed by atoms with van der Waals surface area (Å²) in [7, 11) is 3.81. The molecule has 0 aliphatic carbocycles. The number of likely N-dealkylation sites (tertiary alicyclic amines) is 1. The Balaban J connectivity index is 2.46. The number of rotatable bonds is 3. The fourth-order valence-corrected chi connectivity index (χ4v) is 2.90. The highest BCUT2D eigenvalue weighted by Crippen LogP contribution is 2.36. The van der Waals surface area contributed by atoms with Crippen molar-refractivity contribution in [2.45, 2.75) is 32.1 Å². The maximum atomic E-state index is 6.11. The van der Waals surface area contributed by atoms with E-state index in [1.807, 2.05) is 13.8 Å². The molecule has 1 aromatic heterocycles. The first-order chi connectivity index (χ1) is 9.02. The zero-order chi connectivity index (χ0) is 14.0. The van der Waals surface area contributed by atoms with Crippen LogP contribution in [0.4, 0.5) is 0 Å². The molecule has 19 heavy (non-hydrogen) atoms. The molecule has 0 saturated carbocycles. The average molecular weight is 264 g/mol. The Morgan fingerprint density at radius 3 is 2.42 bits per heavy atom. The van der Waals surface area contributed by atoms with E-state index in [-0.39, 0.29) is 5.41 Å². The van der Waals surface area contributed by atoms with E-state index in [1.165, 1.54) is 0 Å². The van der Waals surface area contributed by atoms with E-state index < -0.39 is 0 Å². The molecular formula is C14H24N4O. The second-order valence-corrected chi connectivity index (χ2v) is 5.54. The molecule has 5 nitrogen and oxygen atoms in total. The molecule has 0 amide bonds. The molecule has 2 N–H and O–H groups in total. The van der Waals surface area contributed by atoms with Crippen LogP contribution >= 0.6 is 0 Å². The minimum Gasteiger partial charge on any atom is -0.481 e. The largest absolute Gasteiger partial charge is 0.481 e. The maximum Gasteiger partial charge on any atom is 0.219 e. The smallest absolute Gasteiger partial charge is 0.219 e. The monoisotopic (exact) mass is 264 g/mol. The molecule has 1 aliphatic heterocycles. The van der Waals surface area contributed by atoms with Gasteiger partial charge in [0.05, 0.1) is 12.8 Å². The van der Waals surface area contributed by atoms with Gasteiger partial charge >= 0.3 is 0 Å². The Hall–Kier alpha value is -1.20. The summed E-state index contributed by atoms with van der Waals surface area (Å²) in [6, 6.07) is 0. The predicted octanol–water partition coefficient (Wildman–Crippen LogP) is 1.02. The average Bonchev–Trinajstić information content (AvgIpc) is 2.42. The van der Waals surface area contributed by atoms with Crippen LogP contribution in [0.5, 0.6) is 5.88 Å². The van der Waals surface area contributed by atoms with Crippen LogP contribution in [0.1, 0.15) is 29.9 Å². The number of nitrogens with zero attached hydrogens (tertiary/aromatic N) is 3. The van der Waals surface area contributed by atoms with Gasteiger partial charge in [0.25, 0.3) is 0 Å². The van der Waals surface area contributed by atoms with Crippen molar-refractivity contribution in [3.8, 4) is 5.88 Å². The van der Waals surface area contributed by atoms with Gasteiger partial charge in [-0.1, -0.05) is 0 Å². The third-order valence-corrected chi connectivity index (χ3v) is 4.24. The fourth-order valence-electron chi connectivity index (χ4n) is 2.90. The van der Waals surface area contributed by atoms with Crippen LogP contribution in [-0.4, -0.2) is 48.7 Å². The molecule has 1 saturated heterocycles. The first-order valence-electron chi connectivity index (χ1n) is 6.81. The van der Waals surface area contributed by atoms with Crippen molar-refractivity contribution in [1.29, 1.82) is 0 Å². The van der Waals surface area contributed by atoms with Crippen molar-refractivity contribution >= 4 is 0 Å². The fraction of sp³-hybridized carbons (Fsp3) is 0.714. The lowest BCUT2D eigenvalue weighted by Gasteiger charge is -2.40. The first kappa shape index (κ1) is 14.2. The summed E-state index contributed by atoms with van der Waals surface area (Å²) < 4.78 is 5.37. The van der Waals surface area contributed by atoms with Crippen LogP contribution in [-0.2, 0) is 5.41 Å². The summed E-state index contributed by atoms with van der Waals surface area (Å²) in [6.45, 7) is 6.68. The van der Waals surface area contributed by atoms with Crippen LogP contribution in [0, 0.1) is 13.8 Å². The van der Waals surface area contributed by atoms with Crippen LogP contribution in [0.15, 0.2) is 0 Å². The van der Waals surface area contributed by atoms with E-state index in [9.17, 15) is 0 Å². The molecule has 0 radical (unpaired) electrons. The zero-order valence-corrected chi connectivity index (χ0v) is 12.4. The highest BCUT2D eigenvalue weighted by Gasteiger charge is 2.37. The minimum absolute atomic E-state index is 0.0302.